The van der Waals surface area contributed by atoms with Crippen LogP contribution in [0.2, 0.25) is 0 Å². The van der Waals surface area contributed by atoms with Crippen molar-refractivity contribution in [1.82, 2.24) is 4.72 Å². The van der Waals surface area contributed by atoms with Crippen LogP contribution >= 0.6 is 23.7 Å². The summed E-state index contributed by atoms with van der Waals surface area (Å²) in [6.45, 7) is 6.35. The fourth-order valence-electron chi connectivity index (χ4n) is 3.42. The summed E-state index contributed by atoms with van der Waals surface area (Å²) < 4.78 is 3.76. The molecule has 1 aliphatic rings. The smallest absolute Gasteiger partial charge is 0.0959 e. The molecule has 2 aromatic rings. The fraction of sp³-hybridized carbons (Fsp3) is 0.391. The number of nitrogens with zero attached hydrogens (tertiary/aromatic N) is 1. The summed E-state index contributed by atoms with van der Waals surface area (Å²) in [7, 11) is 2.21. The lowest BCUT2D eigenvalue weighted by Gasteiger charge is -2.30. The zero-order chi connectivity index (χ0) is 20.1. The molecule has 0 amide bonds. The Balaban J connectivity index is 1.82. The number of thioether (sulfide) groups is 1. The van der Waals surface area contributed by atoms with E-state index in [4.69, 9.17) is 5.73 Å². The van der Waals surface area contributed by atoms with Gasteiger partial charge in [-0.15, -0.1) is 0 Å². The van der Waals surface area contributed by atoms with E-state index in [-0.39, 0.29) is 0 Å². The van der Waals surface area contributed by atoms with Crippen LogP contribution in [0, 0.1) is 0 Å². The van der Waals surface area contributed by atoms with Crippen molar-refractivity contribution in [3.63, 3.8) is 0 Å². The Morgan fingerprint density at radius 3 is 2.71 bits per heavy atom. The monoisotopic (exact) mass is 413 g/mol. The minimum absolute atomic E-state index is 0.335. The van der Waals surface area contributed by atoms with Crippen LogP contribution in [-0.4, -0.2) is 24.2 Å². The van der Waals surface area contributed by atoms with Crippen molar-refractivity contribution in [2.45, 2.75) is 49.9 Å². The van der Waals surface area contributed by atoms with E-state index in [1.54, 1.807) is 0 Å². The number of benzene rings is 2. The minimum atomic E-state index is 0.335. The van der Waals surface area contributed by atoms with Crippen molar-refractivity contribution in [2.24, 2.45) is 5.73 Å². The number of likely N-dealkylation sites (N-methyl/N-ethyl adjacent to an activating group) is 1. The van der Waals surface area contributed by atoms with Crippen LogP contribution in [0.4, 0.5) is 5.69 Å². The minimum Gasteiger partial charge on any atom is -0.398 e. The predicted molar refractivity (Wildman–Crippen MR) is 127 cm³/mol. The normalized spacial score (nSPS) is 16.7. The van der Waals surface area contributed by atoms with Crippen LogP contribution in [0.25, 0.3) is 5.70 Å². The molecule has 0 aromatic heterocycles. The highest BCUT2D eigenvalue weighted by Gasteiger charge is 2.33. The van der Waals surface area contributed by atoms with E-state index in [9.17, 15) is 0 Å². The summed E-state index contributed by atoms with van der Waals surface area (Å²) in [6, 6.07) is 17.7. The van der Waals surface area contributed by atoms with E-state index in [1.807, 2.05) is 23.7 Å². The van der Waals surface area contributed by atoms with Gasteiger partial charge >= 0.3 is 0 Å². The van der Waals surface area contributed by atoms with Crippen LogP contribution in [-0.2, 0) is 6.42 Å². The lowest BCUT2D eigenvalue weighted by Crippen LogP contribution is -2.44. The highest BCUT2D eigenvalue weighted by atomic mass is 32.2. The molecule has 3 nitrogen and oxygen atoms in total. The van der Waals surface area contributed by atoms with Gasteiger partial charge in [-0.3, -0.25) is 4.72 Å². The molecular weight excluding hydrogens is 382 g/mol. The number of para-hydroxylation sites is 1. The number of hydrogen-bond donors (Lipinski definition) is 2. The molecule has 0 spiro atoms. The number of allylic oxidation sites excluding steroid dienone is 1. The molecule has 0 saturated heterocycles. The van der Waals surface area contributed by atoms with Crippen LogP contribution < -0.4 is 15.4 Å². The van der Waals surface area contributed by atoms with E-state index < -0.39 is 0 Å². The third-order valence-electron chi connectivity index (χ3n) is 4.99. The zero-order valence-electron chi connectivity index (χ0n) is 17.2. The first kappa shape index (κ1) is 21.2. The first-order valence-corrected chi connectivity index (χ1v) is 11.8. The summed E-state index contributed by atoms with van der Waals surface area (Å²) in [5.41, 5.74) is 12.1. The Morgan fingerprint density at radius 1 is 1.21 bits per heavy atom. The van der Waals surface area contributed by atoms with Gasteiger partial charge in [0.2, 0.25) is 0 Å². The van der Waals surface area contributed by atoms with Crippen LogP contribution in [0.5, 0.6) is 0 Å². The Labute approximate surface area is 178 Å². The lowest BCUT2D eigenvalue weighted by molar-refractivity contribution is 0.591. The first-order chi connectivity index (χ1) is 13.5. The van der Waals surface area contributed by atoms with Crippen molar-refractivity contribution in [3.8, 4) is 0 Å². The van der Waals surface area contributed by atoms with Crippen LogP contribution in [0.15, 0.2) is 59.0 Å². The molecule has 3 N–H and O–H groups in total. The van der Waals surface area contributed by atoms with Gasteiger partial charge in [-0.25, -0.2) is 0 Å². The predicted octanol–water partition coefficient (Wildman–Crippen LogP) is 5.52. The Kier molecular flexibility index (Phi) is 7.38. The zero-order valence-corrected chi connectivity index (χ0v) is 18.9. The molecule has 2 aromatic carbocycles. The summed E-state index contributed by atoms with van der Waals surface area (Å²) >= 11 is 3.80. The molecule has 1 aliphatic heterocycles. The molecule has 2 atom stereocenters. The number of fused-ring (bicyclic) bond motifs is 1. The first-order valence-electron chi connectivity index (χ1n) is 9.89. The van der Waals surface area contributed by atoms with Gasteiger partial charge < -0.3 is 10.6 Å². The summed E-state index contributed by atoms with van der Waals surface area (Å²) in [4.78, 5) is 3.78. The SMILES string of the molecule is CCCSNC(Cc1cccc(C(N)=C(C)C)c1)C1Sc2ccccc2N1C. The maximum atomic E-state index is 6.28. The van der Waals surface area contributed by atoms with Gasteiger partial charge in [-0.2, -0.15) is 0 Å². The molecule has 0 radical (unpaired) electrons. The molecule has 0 bridgehead atoms. The maximum Gasteiger partial charge on any atom is 0.0959 e. The third-order valence-corrected chi connectivity index (χ3v) is 7.56. The maximum absolute atomic E-state index is 6.28. The number of nitrogens with one attached hydrogen (secondary N) is 1. The van der Waals surface area contributed by atoms with Gasteiger partial charge in [-0.05, 0) is 56.0 Å². The number of nitrogens with two attached hydrogens (primary N) is 1. The number of anilines is 1. The summed E-state index contributed by atoms with van der Waals surface area (Å²) in [6.07, 6.45) is 2.14. The van der Waals surface area contributed by atoms with E-state index >= 15 is 0 Å². The molecule has 3 rings (SSSR count). The largest absolute Gasteiger partial charge is 0.398 e. The van der Waals surface area contributed by atoms with E-state index in [0.29, 0.717) is 11.4 Å². The average Bonchev–Trinajstić information content (AvgIpc) is 3.04. The van der Waals surface area contributed by atoms with E-state index in [0.717, 1.165) is 29.0 Å². The van der Waals surface area contributed by atoms with Crippen molar-refractivity contribution in [3.05, 3.63) is 65.2 Å². The highest BCUT2D eigenvalue weighted by Crippen LogP contribution is 2.44. The molecule has 0 aliphatic carbocycles. The van der Waals surface area contributed by atoms with Crippen molar-refractivity contribution < 1.29 is 0 Å². The number of hydrogen-bond acceptors (Lipinski definition) is 5. The highest BCUT2D eigenvalue weighted by molar-refractivity contribution is 8.00. The molecular formula is C23H31N3S2. The standard InChI is InChI=1S/C23H31N3S2/c1-5-13-27-25-19(23-26(4)20-11-6-7-12-21(20)28-23)15-17-9-8-10-18(14-17)22(24)16(2)3/h6-12,14,19,23,25H,5,13,15,24H2,1-4H3. The lowest BCUT2D eigenvalue weighted by atomic mass is 10.0. The average molecular weight is 414 g/mol. The molecule has 2 unspecified atom stereocenters. The molecule has 5 heteroatoms. The van der Waals surface area contributed by atoms with Crippen LogP contribution in [0.3, 0.4) is 0 Å². The van der Waals surface area contributed by atoms with E-state index in [2.05, 4.69) is 86.0 Å². The van der Waals surface area contributed by atoms with Crippen LogP contribution in [0.1, 0.15) is 38.3 Å². The molecule has 0 fully saturated rings. The Hall–Kier alpha value is -1.56. The summed E-state index contributed by atoms with van der Waals surface area (Å²) in [5.74, 6) is 1.12. The van der Waals surface area contributed by atoms with E-state index in [1.165, 1.54) is 22.6 Å². The second-order valence-corrected chi connectivity index (χ2v) is 9.57. The van der Waals surface area contributed by atoms with Gasteiger partial charge in [0.05, 0.1) is 17.1 Å². The van der Waals surface area contributed by atoms with Crippen molar-refractivity contribution in [2.75, 3.05) is 17.7 Å². The van der Waals surface area contributed by atoms with Gasteiger partial charge in [0.25, 0.3) is 0 Å². The van der Waals surface area contributed by atoms with Crippen molar-refractivity contribution >= 4 is 35.1 Å². The number of rotatable bonds is 8. The Bertz CT molecular complexity index is 830. The van der Waals surface area contributed by atoms with Gasteiger partial charge in [0, 0.05) is 23.4 Å². The second kappa shape index (κ2) is 9.77. The second-order valence-electron chi connectivity index (χ2n) is 7.48. The molecule has 1 heterocycles. The Morgan fingerprint density at radius 2 is 2.00 bits per heavy atom. The molecule has 0 saturated carbocycles. The topological polar surface area (TPSA) is 41.3 Å². The van der Waals surface area contributed by atoms with Gasteiger partial charge in [0.15, 0.2) is 0 Å². The van der Waals surface area contributed by atoms with Crippen molar-refractivity contribution in [1.29, 1.82) is 0 Å². The van der Waals surface area contributed by atoms with Gasteiger partial charge in [0.1, 0.15) is 0 Å². The fourth-order valence-corrected chi connectivity index (χ4v) is 5.61. The molecule has 150 valence electrons. The third kappa shape index (κ3) is 4.88. The quantitative estimate of drug-likeness (QED) is 0.440. The summed E-state index contributed by atoms with van der Waals surface area (Å²) in [5, 5.41) is 0.367. The molecule has 28 heavy (non-hydrogen) atoms. The van der Waals surface area contributed by atoms with Gasteiger partial charge in [-0.1, -0.05) is 66.5 Å².